The van der Waals surface area contributed by atoms with E-state index in [4.69, 9.17) is 22.9 Å². The van der Waals surface area contributed by atoms with Crippen molar-refractivity contribution in [1.29, 1.82) is 0 Å². The van der Waals surface area contributed by atoms with Gasteiger partial charge in [-0.1, -0.05) is 6.07 Å². The molecule has 4 aromatic rings. The molecular formula is C24H27N11O3. The Hall–Kier alpha value is -5.53. The normalized spacial score (nSPS) is 10.6. The van der Waals surface area contributed by atoms with E-state index in [9.17, 15) is 14.4 Å². The van der Waals surface area contributed by atoms with Crippen LogP contribution in [0.1, 0.15) is 31.3 Å². The Labute approximate surface area is 215 Å². The van der Waals surface area contributed by atoms with Crippen molar-refractivity contribution in [2.24, 2.45) is 32.9 Å². The summed E-state index contributed by atoms with van der Waals surface area (Å²) in [5, 5.41) is 9.61. The first kappa shape index (κ1) is 25.6. The zero-order valence-corrected chi connectivity index (χ0v) is 20.2. The van der Waals surface area contributed by atoms with Gasteiger partial charge >= 0.3 is 0 Å². The number of anilines is 1. The van der Waals surface area contributed by atoms with Gasteiger partial charge in [0.2, 0.25) is 0 Å². The fourth-order valence-corrected chi connectivity index (χ4v) is 3.68. The third-order valence-corrected chi connectivity index (χ3v) is 5.45. The topological polar surface area (TPSA) is 248 Å². The summed E-state index contributed by atoms with van der Waals surface area (Å²) in [7, 11) is 0. The number of carbonyl (C=O) groups is 3. The highest BCUT2D eigenvalue weighted by Crippen LogP contribution is 2.22. The number of hydrogen-bond donors (Lipinski definition) is 9. The Morgan fingerprint density at radius 2 is 1.42 bits per heavy atom. The number of nitrogens with two attached hydrogens (primary N) is 4. The van der Waals surface area contributed by atoms with Crippen molar-refractivity contribution in [2.75, 3.05) is 25.1 Å². The second-order valence-corrected chi connectivity index (χ2v) is 8.23. The van der Waals surface area contributed by atoms with Crippen LogP contribution in [-0.4, -0.2) is 59.4 Å². The highest BCUT2D eigenvalue weighted by atomic mass is 16.2. The van der Waals surface area contributed by atoms with Crippen LogP contribution >= 0.6 is 0 Å². The van der Waals surface area contributed by atoms with Crippen LogP contribution in [0.4, 0.5) is 5.69 Å². The van der Waals surface area contributed by atoms with Crippen LogP contribution in [0.15, 0.2) is 58.5 Å². The molecule has 14 nitrogen and oxygen atoms in total. The molecule has 3 amide bonds. The van der Waals surface area contributed by atoms with Crippen molar-refractivity contribution in [3.8, 4) is 0 Å². The van der Waals surface area contributed by atoms with Crippen LogP contribution in [0.2, 0.25) is 0 Å². The molecular weight excluding hydrogens is 490 g/mol. The van der Waals surface area contributed by atoms with E-state index in [1.807, 2.05) is 0 Å². The van der Waals surface area contributed by atoms with Gasteiger partial charge in [-0.05, 0) is 42.5 Å². The molecule has 0 unspecified atom stereocenters. The van der Waals surface area contributed by atoms with Crippen LogP contribution in [0, 0.1) is 0 Å². The number of guanidine groups is 2. The fraction of sp³-hybridized carbons (Fsp3) is 0.125. The van der Waals surface area contributed by atoms with Gasteiger partial charge in [0.1, 0.15) is 18.1 Å². The first-order chi connectivity index (χ1) is 18.2. The molecule has 0 atom stereocenters. The molecule has 0 fully saturated rings. The first-order valence-corrected chi connectivity index (χ1v) is 11.4. The number of aliphatic imine (C=N–C) groups is 2. The third-order valence-electron chi connectivity index (χ3n) is 5.45. The predicted octanol–water partition coefficient (Wildman–Crippen LogP) is -0.135. The summed E-state index contributed by atoms with van der Waals surface area (Å²) < 4.78 is 0. The molecule has 4 rings (SSSR count). The number of nitrogens with one attached hydrogen (secondary N) is 5. The minimum Gasteiger partial charge on any atom is -0.370 e. The lowest BCUT2D eigenvalue weighted by atomic mass is 10.1. The standard InChI is InChI=1S/C24H27N11O3/c25-23(26)30-6-5-29-21(37)18-8-12-1-3-15(10-17(12)35-18)33-22(38)19-9-14-7-13(2-4-16(14)34-19)20(36)31-11-32-24(27)28/h1-4,7-10,34-35H,5-6,11H2,(H,29,37)(H,31,36)(H,33,38)(H4,25,26,30)(H4,27,28,32). The molecule has 38 heavy (non-hydrogen) atoms. The van der Waals surface area contributed by atoms with E-state index in [1.54, 1.807) is 48.5 Å². The Balaban J connectivity index is 1.42. The van der Waals surface area contributed by atoms with E-state index in [2.05, 4.69) is 35.9 Å². The quantitative estimate of drug-likeness (QED) is 0.0825. The van der Waals surface area contributed by atoms with Gasteiger partial charge in [0.15, 0.2) is 11.9 Å². The zero-order valence-electron chi connectivity index (χ0n) is 20.2. The van der Waals surface area contributed by atoms with E-state index in [0.717, 1.165) is 5.39 Å². The largest absolute Gasteiger partial charge is 0.370 e. The lowest BCUT2D eigenvalue weighted by Gasteiger charge is -2.04. The summed E-state index contributed by atoms with van der Waals surface area (Å²) in [6.07, 6.45) is 0. The summed E-state index contributed by atoms with van der Waals surface area (Å²) in [6.45, 7) is 0.505. The molecule has 2 aromatic carbocycles. The van der Waals surface area contributed by atoms with Crippen LogP contribution in [-0.2, 0) is 0 Å². The second kappa shape index (κ2) is 11.0. The molecule has 0 aliphatic heterocycles. The Morgan fingerprint density at radius 3 is 2.18 bits per heavy atom. The Morgan fingerprint density at radius 1 is 0.711 bits per heavy atom. The first-order valence-electron chi connectivity index (χ1n) is 11.4. The Bertz CT molecular complexity index is 1570. The minimum atomic E-state index is -0.372. The van der Waals surface area contributed by atoms with E-state index in [0.29, 0.717) is 39.1 Å². The van der Waals surface area contributed by atoms with E-state index in [1.165, 1.54) is 0 Å². The molecule has 0 aliphatic carbocycles. The van der Waals surface area contributed by atoms with Gasteiger partial charge in [-0.3, -0.25) is 19.4 Å². The molecule has 14 heteroatoms. The summed E-state index contributed by atoms with van der Waals surface area (Å²) in [5.74, 6) is -1.20. The van der Waals surface area contributed by atoms with Crippen LogP contribution in [0.25, 0.3) is 21.8 Å². The zero-order chi connectivity index (χ0) is 27.2. The molecule has 196 valence electrons. The van der Waals surface area contributed by atoms with Crippen molar-refractivity contribution < 1.29 is 14.4 Å². The maximum atomic E-state index is 12.9. The van der Waals surface area contributed by atoms with Crippen molar-refractivity contribution in [3.63, 3.8) is 0 Å². The number of rotatable bonds is 9. The highest BCUT2D eigenvalue weighted by Gasteiger charge is 2.14. The van der Waals surface area contributed by atoms with Crippen molar-refractivity contribution >= 4 is 57.1 Å². The lowest BCUT2D eigenvalue weighted by Crippen LogP contribution is -2.28. The molecule has 0 saturated heterocycles. The van der Waals surface area contributed by atoms with Crippen LogP contribution < -0.4 is 38.9 Å². The number of hydrogen-bond acceptors (Lipinski definition) is 5. The number of aromatic amines is 2. The monoisotopic (exact) mass is 517 g/mol. The average Bonchev–Trinajstić information content (AvgIpc) is 3.49. The van der Waals surface area contributed by atoms with Crippen molar-refractivity contribution in [2.45, 2.75) is 0 Å². The fourth-order valence-electron chi connectivity index (χ4n) is 3.68. The SMILES string of the molecule is NC(N)=NCCNC(=O)c1cc2ccc(NC(=O)c3cc4cc(C(=O)NCN=C(N)N)ccc4[nH]3)cc2[nH]1. The second-order valence-electron chi connectivity index (χ2n) is 8.23. The van der Waals surface area contributed by atoms with Crippen LogP contribution in [0.3, 0.4) is 0 Å². The molecule has 0 aliphatic rings. The predicted molar refractivity (Wildman–Crippen MR) is 146 cm³/mol. The summed E-state index contributed by atoms with van der Waals surface area (Å²) in [6, 6.07) is 13.6. The van der Waals surface area contributed by atoms with Gasteiger partial charge in [-0.25, -0.2) is 4.99 Å². The lowest BCUT2D eigenvalue weighted by molar-refractivity contribution is 0.0944. The van der Waals surface area contributed by atoms with Crippen molar-refractivity contribution in [1.82, 2.24) is 20.6 Å². The number of H-pyrrole nitrogens is 2. The summed E-state index contributed by atoms with van der Waals surface area (Å²) in [4.78, 5) is 51.2. The van der Waals surface area contributed by atoms with Gasteiger partial charge in [-0.15, -0.1) is 0 Å². The van der Waals surface area contributed by atoms with Gasteiger partial charge in [0.25, 0.3) is 17.7 Å². The molecule has 13 N–H and O–H groups in total. The van der Waals surface area contributed by atoms with E-state index >= 15 is 0 Å². The number of carbonyl (C=O) groups excluding carboxylic acids is 3. The molecule has 0 radical (unpaired) electrons. The highest BCUT2D eigenvalue weighted by molar-refractivity contribution is 6.08. The van der Waals surface area contributed by atoms with Gasteiger partial charge in [0, 0.05) is 39.6 Å². The Kier molecular flexibility index (Phi) is 7.42. The summed E-state index contributed by atoms with van der Waals surface area (Å²) in [5.41, 5.74) is 24.0. The van der Waals surface area contributed by atoms with E-state index in [-0.39, 0.29) is 49.4 Å². The average molecular weight is 518 g/mol. The maximum Gasteiger partial charge on any atom is 0.272 e. The molecule has 2 heterocycles. The number of amides is 3. The number of nitrogens with zero attached hydrogens (tertiary/aromatic N) is 2. The third kappa shape index (κ3) is 6.17. The summed E-state index contributed by atoms with van der Waals surface area (Å²) >= 11 is 0. The molecule has 2 aromatic heterocycles. The molecule has 0 saturated carbocycles. The maximum absolute atomic E-state index is 12.9. The number of fused-ring (bicyclic) bond motifs is 2. The number of benzene rings is 2. The number of aromatic nitrogens is 2. The van der Waals surface area contributed by atoms with Gasteiger partial charge < -0.3 is 48.9 Å². The smallest absolute Gasteiger partial charge is 0.272 e. The van der Waals surface area contributed by atoms with Gasteiger partial charge in [-0.2, -0.15) is 0 Å². The van der Waals surface area contributed by atoms with Gasteiger partial charge in [0.05, 0.1) is 6.54 Å². The molecule has 0 bridgehead atoms. The molecule has 0 spiro atoms. The van der Waals surface area contributed by atoms with E-state index < -0.39 is 0 Å². The minimum absolute atomic E-state index is 0.0416. The van der Waals surface area contributed by atoms with Crippen molar-refractivity contribution in [3.05, 3.63) is 65.5 Å². The van der Waals surface area contributed by atoms with Crippen LogP contribution in [0.5, 0.6) is 0 Å².